The summed E-state index contributed by atoms with van der Waals surface area (Å²) in [5.74, 6) is -0.196. The number of hydrogen-bond donors (Lipinski definition) is 0. The van der Waals surface area contributed by atoms with E-state index in [1.54, 1.807) is 0 Å². The van der Waals surface area contributed by atoms with Gasteiger partial charge in [-0.05, 0) is 48.6 Å². The molecule has 32 heavy (non-hydrogen) atoms. The molecule has 0 aromatic heterocycles. The molecule has 3 aromatic carbocycles. The summed E-state index contributed by atoms with van der Waals surface area (Å²) in [5.41, 5.74) is -1.32. The molecule has 0 unspecified atom stereocenters. The molecule has 0 aliphatic heterocycles. The highest BCUT2D eigenvalue weighted by Gasteiger charge is 2.31. The van der Waals surface area contributed by atoms with E-state index in [-0.39, 0.29) is 11.7 Å². The van der Waals surface area contributed by atoms with E-state index in [0.29, 0.717) is 18.6 Å². The Morgan fingerprint density at radius 1 is 0.812 bits per heavy atom. The number of esters is 1. The molecule has 0 spiro atoms. The van der Waals surface area contributed by atoms with Crippen molar-refractivity contribution >= 4 is 28.1 Å². The molecular weight excluding hydrogens is 416 g/mol. The quantitative estimate of drug-likeness (QED) is 0.295. The van der Waals surface area contributed by atoms with Crippen molar-refractivity contribution in [1.29, 1.82) is 0 Å². The number of hydrogen-bond acceptors (Lipinski definition) is 7. The lowest BCUT2D eigenvalue weighted by Gasteiger charge is -2.31. The molecule has 0 bridgehead atoms. The number of carbonyl (C=O) groups excluding carboxylic acids is 1. The Hall–Kier alpha value is -4.01. The second-order valence-electron chi connectivity index (χ2n) is 7.65. The van der Waals surface area contributed by atoms with Crippen molar-refractivity contribution in [3.63, 3.8) is 0 Å². The van der Waals surface area contributed by atoms with Crippen LogP contribution in [0, 0.1) is 20.2 Å². The lowest BCUT2D eigenvalue weighted by molar-refractivity contribution is -0.394. The van der Waals surface area contributed by atoms with Crippen LogP contribution in [0.4, 0.5) is 11.4 Å². The Morgan fingerprint density at radius 3 is 2.09 bits per heavy atom. The first-order valence-corrected chi connectivity index (χ1v) is 10.2. The Balaban J connectivity index is 1.53. The van der Waals surface area contributed by atoms with E-state index in [4.69, 9.17) is 9.47 Å². The molecule has 9 nitrogen and oxygen atoms in total. The van der Waals surface area contributed by atoms with Crippen LogP contribution in [0.1, 0.15) is 36.0 Å². The molecule has 0 radical (unpaired) electrons. The highest BCUT2D eigenvalue weighted by Crippen LogP contribution is 2.30. The molecule has 1 aliphatic rings. The fourth-order valence-electron chi connectivity index (χ4n) is 3.88. The van der Waals surface area contributed by atoms with Gasteiger partial charge in [-0.3, -0.25) is 20.2 Å². The van der Waals surface area contributed by atoms with E-state index in [9.17, 15) is 25.0 Å². The monoisotopic (exact) mass is 436 g/mol. The number of nitro benzene ring substituents is 2. The standard InChI is InChI=1S/C23H20N2O7/c26-23(17-11-18(24(27)28)14-19(12-17)25(29)30)32-22-8-4-3-7-21(22)31-20-10-9-15-5-1-2-6-16(15)13-20/h1-2,5-6,9-14,21-22H,3-4,7-8H2/t21-,22-/m1/s1. The van der Waals surface area contributed by atoms with Crippen LogP contribution >= 0.6 is 0 Å². The summed E-state index contributed by atoms with van der Waals surface area (Å²) in [6, 6.07) is 16.4. The lowest BCUT2D eigenvalue weighted by Crippen LogP contribution is -2.38. The van der Waals surface area contributed by atoms with E-state index in [0.717, 1.165) is 41.8 Å². The summed E-state index contributed by atoms with van der Waals surface area (Å²) in [6.07, 6.45) is 2.05. The van der Waals surface area contributed by atoms with E-state index in [1.165, 1.54) is 0 Å². The van der Waals surface area contributed by atoms with Crippen LogP contribution in [0.25, 0.3) is 10.8 Å². The van der Waals surface area contributed by atoms with Crippen molar-refractivity contribution < 1.29 is 24.1 Å². The van der Waals surface area contributed by atoms with Crippen LogP contribution in [-0.4, -0.2) is 28.0 Å². The zero-order valence-corrected chi connectivity index (χ0v) is 17.0. The topological polar surface area (TPSA) is 122 Å². The van der Waals surface area contributed by atoms with Crippen molar-refractivity contribution in [1.82, 2.24) is 0 Å². The van der Waals surface area contributed by atoms with Gasteiger partial charge in [-0.1, -0.05) is 30.3 Å². The minimum Gasteiger partial charge on any atom is -0.487 e. The van der Waals surface area contributed by atoms with Gasteiger partial charge in [-0.15, -0.1) is 0 Å². The third-order valence-corrected chi connectivity index (χ3v) is 5.47. The Kier molecular flexibility index (Phi) is 5.98. The summed E-state index contributed by atoms with van der Waals surface area (Å²) in [6.45, 7) is 0. The molecule has 164 valence electrons. The SMILES string of the molecule is O=C(O[C@@H]1CCCC[C@H]1Oc1ccc2ccccc2c1)c1cc([N+](=O)[O-])cc([N+](=O)[O-])c1. The van der Waals surface area contributed by atoms with Crippen molar-refractivity contribution in [2.75, 3.05) is 0 Å². The van der Waals surface area contributed by atoms with Gasteiger partial charge < -0.3 is 9.47 Å². The van der Waals surface area contributed by atoms with Gasteiger partial charge in [0.15, 0.2) is 0 Å². The highest BCUT2D eigenvalue weighted by atomic mass is 16.6. The maximum absolute atomic E-state index is 12.7. The Labute approximate surface area is 182 Å². The first-order valence-electron chi connectivity index (χ1n) is 10.2. The summed E-state index contributed by atoms with van der Waals surface area (Å²) >= 11 is 0. The van der Waals surface area contributed by atoms with E-state index < -0.39 is 33.3 Å². The largest absolute Gasteiger partial charge is 0.487 e. The van der Waals surface area contributed by atoms with Crippen molar-refractivity contribution in [3.05, 3.63) is 86.5 Å². The molecule has 0 heterocycles. The van der Waals surface area contributed by atoms with Gasteiger partial charge in [0.2, 0.25) is 0 Å². The van der Waals surface area contributed by atoms with Crippen LogP contribution in [0.15, 0.2) is 60.7 Å². The molecule has 2 atom stereocenters. The molecule has 1 aliphatic carbocycles. The second kappa shape index (κ2) is 9.01. The third kappa shape index (κ3) is 4.66. The van der Waals surface area contributed by atoms with Gasteiger partial charge in [-0.25, -0.2) is 4.79 Å². The number of rotatable bonds is 6. The van der Waals surface area contributed by atoms with Gasteiger partial charge >= 0.3 is 5.97 Å². The second-order valence-corrected chi connectivity index (χ2v) is 7.65. The number of benzene rings is 3. The van der Waals surface area contributed by atoms with Crippen LogP contribution in [0.3, 0.4) is 0 Å². The number of nitro groups is 2. The van der Waals surface area contributed by atoms with Gasteiger partial charge in [0, 0.05) is 12.1 Å². The maximum Gasteiger partial charge on any atom is 0.339 e. The predicted octanol–water partition coefficient (Wildman–Crippen LogP) is 5.20. The van der Waals surface area contributed by atoms with Crippen LogP contribution in [0.5, 0.6) is 5.75 Å². The number of ether oxygens (including phenoxy) is 2. The zero-order chi connectivity index (χ0) is 22.7. The molecule has 0 amide bonds. The molecule has 1 fully saturated rings. The van der Waals surface area contributed by atoms with Gasteiger partial charge in [0.05, 0.1) is 21.5 Å². The van der Waals surface area contributed by atoms with Gasteiger partial charge in [0.25, 0.3) is 11.4 Å². The summed E-state index contributed by atoms with van der Waals surface area (Å²) in [4.78, 5) is 33.3. The first-order chi connectivity index (χ1) is 15.4. The lowest BCUT2D eigenvalue weighted by atomic mass is 9.94. The van der Waals surface area contributed by atoms with Crippen molar-refractivity contribution in [2.45, 2.75) is 37.9 Å². The first kappa shape index (κ1) is 21.2. The molecule has 1 saturated carbocycles. The normalized spacial score (nSPS) is 18.1. The van der Waals surface area contributed by atoms with Crippen molar-refractivity contribution in [3.8, 4) is 5.75 Å². The number of carbonyl (C=O) groups is 1. The summed E-state index contributed by atoms with van der Waals surface area (Å²) < 4.78 is 11.8. The zero-order valence-electron chi connectivity index (χ0n) is 17.0. The molecule has 0 N–H and O–H groups in total. The number of nitrogens with zero attached hydrogens (tertiary/aromatic N) is 2. The number of non-ortho nitro benzene ring substituents is 2. The smallest absolute Gasteiger partial charge is 0.339 e. The minimum atomic E-state index is -0.851. The minimum absolute atomic E-state index is 0.235. The number of fused-ring (bicyclic) bond motifs is 1. The molecule has 9 heteroatoms. The molecule has 3 aromatic rings. The average molecular weight is 436 g/mol. The maximum atomic E-state index is 12.7. The van der Waals surface area contributed by atoms with Crippen molar-refractivity contribution in [2.24, 2.45) is 0 Å². The molecular formula is C23H20N2O7. The fourth-order valence-corrected chi connectivity index (χ4v) is 3.88. The van der Waals surface area contributed by atoms with E-state index >= 15 is 0 Å². The summed E-state index contributed by atoms with van der Waals surface area (Å²) in [7, 11) is 0. The highest BCUT2D eigenvalue weighted by molar-refractivity contribution is 5.91. The summed E-state index contributed by atoms with van der Waals surface area (Å²) in [5, 5.41) is 24.3. The van der Waals surface area contributed by atoms with Crippen LogP contribution in [0.2, 0.25) is 0 Å². The molecule has 0 saturated heterocycles. The third-order valence-electron chi connectivity index (χ3n) is 5.47. The Bertz CT molecular complexity index is 1160. The van der Waals surface area contributed by atoms with Crippen LogP contribution in [-0.2, 0) is 4.74 Å². The predicted molar refractivity (Wildman–Crippen MR) is 116 cm³/mol. The van der Waals surface area contributed by atoms with Gasteiger partial charge in [0.1, 0.15) is 18.0 Å². The Morgan fingerprint density at radius 2 is 1.44 bits per heavy atom. The average Bonchev–Trinajstić information content (AvgIpc) is 2.80. The van der Waals surface area contributed by atoms with Gasteiger partial charge in [-0.2, -0.15) is 0 Å². The van der Waals surface area contributed by atoms with E-state index in [1.807, 2.05) is 42.5 Å². The van der Waals surface area contributed by atoms with Crippen LogP contribution < -0.4 is 4.74 Å². The fraction of sp³-hybridized carbons (Fsp3) is 0.261. The van der Waals surface area contributed by atoms with E-state index in [2.05, 4.69) is 0 Å². The molecule has 4 rings (SSSR count).